The maximum atomic E-state index is 15.6. The van der Waals surface area contributed by atoms with E-state index in [2.05, 4.69) is 26.7 Å². The van der Waals surface area contributed by atoms with Crippen LogP contribution in [0.25, 0.3) is 27.6 Å². The highest BCUT2D eigenvalue weighted by molar-refractivity contribution is 6.03. The van der Waals surface area contributed by atoms with Crippen molar-refractivity contribution in [1.29, 1.82) is 0 Å². The van der Waals surface area contributed by atoms with Crippen molar-refractivity contribution in [3.05, 3.63) is 89.9 Å². The number of aldehydes is 1. The number of aryl methyl sites for hydroxylation is 1. The summed E-state index contributed by atoms with van der Waals surface area (Å²) in [7, 11) is 0. The van der Waals surface area contributed by atoms with Crippen molar-refractivity contribution >= 4 is 33.9 Å². The number of anilines is 1. The van der Waals surface area contributed by atoms with Gasteiger partial charge in [-0.05, 0) is 55.9 Å². The largest absolute Gasteiger partial charge is 0.366 e. The third-order valence-electron chi connectivity index (χ3n) is 7.29. The van der Waals surface area contributed by atoms with E-state index in [0.29, 0.717) is 24.5 Å². The van der Waals surface area contributed by atoms with Crippen LogP contribution in [-0.2, 0) is 4.79 Å². The number of imidazole rings is 1. The molecule has 0 spiro atoms. The molecule has 194 valence electrons. The topological polar surface area (TPSA) is 67.2 Å². The summed E-state index contributed by atoms with van der Waals surface area (Å²) < 4.78 is 17.6. The van der Waals surface area contributed by atoms with Gasteiger partial charge in [0.05, 0.1) is 34.6 Å². The maximum absolute atomic E-state index is 15.6. The molecule has 1 saturated heterocycles. The van der Waals surface area contributed by atoms with Gasteiger partial charge in [-0.3, -0.25) is 19.4 Å². The van der Waals surface area contributed by atoms with Crippen LogP contribution in [0.5, 0.6) is 0 Å². The first kappa shape index (κ1) is 24.7. The average Bonchev–Trinajstić information content (AvgIpc) is 3.32. The van der Waals surface area contributed by atoms with Crippen LogP contribution in [0.2, 0.25) is 0 Å². The predicted octanol–water partition coefficient (Wildman–Crippen LogP) is 4.53. The summed E-state index contributed by atoms with van der Waals surface area (Å²) in [5.41, 5.74) is 5.24. The smallest absolute Gasteiger partial charge is 0.148 e. The molecule has 39 heavy (non-hydrogen) atoms. The molecule has 1 fully saturated rings. The molecule has 1 aliphatic rings. The van der Waals surface area contributed by atoms with E-state index in [4.69, 9.17) is 4.98 Å². The van der Waals surface area contributed by atoms with Crippen molar-refractivity contribution < 1.29 is 9.18 Å². The number of halogens is 1. The van der Waals surface area contributed by atoms with Crippen LogP contribution in [0.15, 0.2) is 67.1 Å². The lowest BCUT2D eigenvalue weighted by molar-refractivity contribution is -0.112. The minimum Gasteiger partial charge on any atom is -0.366 e. The molecular weight excluding hydrogens is 491 g/mol. The Labute approximate surface area is 225 Å². The van der Waals surface area contributed by atoms with E-state index < -0.39 is 0 Å². The fourth-order valence-corrected chi connectivity index (χ4v) is 5.33. The molecular formula is C31H27FN6O. The number of nitrogens with zero attached hydrogens (tertiary/aromatic N) is 6. The lowest BCUT2D eigenvalue weighted by Gasteiger charge is -2.39. The summed E-state index contributed by atoms with van der Waals surface area (Å²) in [4.78, 5) is 29.1. The zero-order valence-electron chi connectivity index (χ0n) is 21.8. The number of hydrogen-bond acceptors (Lipinski definition) is 6. The van der Waals surface area contributed by atoms with Crippen molar-refractivity contribution in [1.82, 2.24) is 24.4 Å². The number of carbonyl (C=O) groups excluding carboxylic acids is 1. The van der Waals surface area contributed by atoms with Gasteiger partial charge in [0.1, 0.15) is 23.4 Å². The number of rotatable bonds is 4. The van der Waals surface area contributed by atoms with Crippen molar-refractivity contribution in [2.75, 3.05) is 31.1 Å². The fraction of sp³-hybridized carbons (Fsp3) is 0.226. The first-order valence-corrected chi connectivity index (χ1v) is 13.0. The highest BCUT2D eigenvalue weighted by Gasteiger charge is 2.27. The molecule has 0 saturated carbocycles. The molecule has 8 heteroatoms. The van der Waals surface area contributed by atoms with Crippen LogP contribution >= 0.6 is 0 Å². The molecule has 0 N–H and O–H groups in total. The van der Waals surface area contributed by atoms with Crippen LogP contribution in [-0.4, -0.2) is 62.9 Å². The van der Waals surface area contributed by atoms with Crippen LogP contribution in [0.3, 0.4) is 0 Å². The molecule has 1 unspecified atom stereocenters. The Morgan fingerprint density at radius 2 is 1.92 bits per heavy atom. The van der Waals surface area contributed by atoms with Crippen molar-refractivity contribution in [2.45, 2.75) is 19.9 Å². The van der Waals surface area contributed by atoms with Gasteiger partial charge in [-0.1, -0.05) is 18.8 Å². The monoisotopic (exact) mass is 518 g/mol. The highest BCUT2D eigenvalue weighted by Crippen LogP contribution is 2.31. The van der Waals surface area contributed by atoms with E-state index in [9.17, 15) is 4.79 Å². The minimum absolute atomic E-state index is 0.239. The summed E-state index contributed by atoms with van der Waals surface area (Å²) in [6, 6.07) is 14.7. The fourth-order valence-electron chi connectivity index (χ4n) is 5.33. The number of likely N-dealkylation sites (N-methyl/N-ethyl adjacent to an activating group) is 1. The van der Waals surface area contributed by atoms with Crippen LogP contribution in [0.1, 0.15) is 23.9 Å². The van der Waals surface area contributed by atoms with E-state index in [1.54, 1.807) is 30.7 Å². The second-order valence-electron chi connectivity index (χ2n) is 9.62. The van der Waals surface area contributed by atoms with E-state index in [0.717, 1.165) is 58.3 Å². The Morgan fingerprint density at radius 1 is 1.05 bits per heavy atom. The Balaban J connectivity index is 1.41. The third kappa shape index (κ3) is 4.62. The van der Waals surface area contributed by atoms with Crippen molar-refractivity contribution in [3.63, 3.8) is 0 Å². The number of benzene rings is 2. The lowest BCUT2D eigenvalue weighted by Crippen LogP contribution is -2.54. The van der Waals surface area contributed by atoms with Gasteiger partial charge in [0, 0.05) is 54.6 Å². The first-order valence-electron chi connectivity index (χ1n) is 13.0. The van der Waals surface area contributed by atoms with Crippen LogP contribution < -0.4 is 4.90 Å². The zero-order chi connectivity index (χ0) is 26.9. The molecule has 2 aromatic carbocycles. The standard InChI is InChI=1S/C31H27FN6O/c1-3-36-13-14-37(19-25(36)20-39)30-11-9-24(16-27(30)32)38-21(2)35-29-18-34-28-10-8-22(15-26(28)31(29)38)6-7-23-5-4-12-33-17-23/h4-5,8-12,15-18,20,25H,3,13-14,19H2,1-2H3. The van der Waals surface area contributed by atoms with E-state index in [1.165, 1.54) is 0 Å². The zero-order valence-corrected chi connectivity index (χ0v) is 21.8. The normalized spacial score (nSPS) is 15.9. The van der Waals surface area contributed by atoms with Gasteiger partial charge in [-0.25, -0.2) is 9.37 Å². The minimum atomic E-state index is -0.329. The van der Waals surface area contributed by atoms with Gasteiger partial charge in [-0.15, -0.1) is 0 Å². The summed E-state index contributed by atoms with van der Waals surface area (Å²) in [5.74, 6) is 6.76. The maximum Gasteiger partial charge on any atom is 0.148 e. The summed E-state index contributed by atoms with van der Waals surface area (Å²) in [6.07, 6.45) is 6.15. The Bertz CT molecular complexity index is 1750. The summed E-state index contributed by atoms with van der Waals surface area (Å²) >= 11 is 0. The van der Waals surface area contributed by atoms with E-state index in [-0.39, 0.29) is 11.9 Å². The average molecular weight is 519 g/mol. The molecule has 0 amide bonds. The van der Waals surface area contributed by atoms with Gasteiger partial charge in [0.25, 0.3) is 0 Å². The molecule has 7 nitrogen and oxygen atoms in total. The van der Waals surface area contributed by atoms with E-state index >= 15 is 4.39 Å². The molecule has 5 aromatic rings. The van der Waals surface area contributed by atoms with Crippen molar-refractivity contribution in [2.24, 2.45) is 0 Å². The van der Waals surface area contributed by atoms with Gasteiger partial charge in [0.2, 0.25) is 0 Å². The summed E-state index contributed by atoms with van der Waals surface area (Å²) in [5, 5.41) is 0.889. The molecule has 3 aromatic heterocycles. The highest BCUT2D eigenvalue weighted by atomic mass is 19.1. The Morgan fingerprint density at radius 3 is 2.69 bits per heavy atom. The van der Waals surface area contributed by atoms with Gasteiger partial charge >= 0.3 is 0 Å². The Hall–Kier alpha value is -4.61. The summed E-state index contributed by atoms with van der Waals surface area (Å²) in [6.45, 7) is 6.60. The van der Waals surface area contributed by atoms with Crippen molar-refractivity contribution in [3.8, 4) is 17.5 Å². The first-order chi connectivity index (χ1) is 19.1. The van der Waals surface area contributed by atoms with Gasteiger partial charge < -0.3 is 9.69 Å². The molecule has 0 radical (unpaired) electrons. The second-order valence-corrected chi connectivity index (χ2v) is 9.62. The SMILES string of the molecule is CCN1CCN(c2ccc(-n3c(C)nc4cnc5ccc(C#Cc6cccnc6)cc5c43)cc2F)CC1C=O. The van der Waals surface area contributed by atoms with Crippen LogP contribution in [0.4, 0.5) is 10.1 Å². The molecule has 0 bridgehead atoms. The lowest BCUT2D eigenvalue weighted by atomic mass is 10.1. The molecule has 1 aliphatic heterocycles. The molecule has 6 rings (SSSR count). The predicted molar refractivity (Wildman–Crippen MR) is 151 cm³/mol. The number of fused-ring (bicyclic) bond motifs is 3. The van der Waals surface area contributed by atoms with E-state index in [1.807, 2.05) is 59.7 Å². The number of hydrogen-bond donors (Lipinski definition) is 0. The Kier molecular flexibility index (Phi) is 6.51. The molecule has 0 aliphatic carbocycles. The number of aromatic nitrogens is 4. The third-order valence-corrected chi connectivity index (χ3v) is 7.29. The van der Waals surface area contributed by atoms with Crippen LogP contribution in [0, 0.1) is 24.6 Å². The second kappa shape index (κ2) is 10.3. The number of piperazine rings is 1. The quantitative estimate of drug-likeness (QED) is 0.257. The number of pyridine rings is 2. The van der Waals surface area contributed by atoms with Gasteiger partial charge in [-0.2, -0.15) is 0 Å². The molecule has 4 heterocycles. The molecule has 1 atom stereocenters. The van der Waals surface area contributed by atoms with Gasteiger partial charge in [0.15, 0.2) is 0 Å². The number of carbonyl (C=O) groups is 1.